The molecule has 1 fully saturated rings. The fourth-order valence-corrected chi connectivity index (χ4v) is 4.12. The first kappa shape index (κ1) is 12.5. The van der Waals surface area contributed by atoms with Gasteiger partial charge in [-0.05, 0) is 12.5 Å². The van der Waals surface area contributed by atoms with Crippen LogP contribution in [0.4, 0.5) is 0 Å². The highest BCUT2D eigenvalue weighted by molar-refractivity contribution is 7.91. The number of rotatable bonds is 3. The third-order valence-corrected chi connectivity index (χ3v) is 5.58. The molecule has 0 unspecified atom stereocenters. The smallest absolute Gasteiger partial charge is 0.336 e. The number of carboxylic acids is 1. The summed E-state index contributed by atoms with van der Waals surface area (Å²) in [4.78, 5) is 10.7. The molecule has 1 aliphatic heterocycles. The number of nitrogens with zero attached hydrogens (tertiary/aromatic N) is 1. The van der Waals surface area contributed by atoms with E-state index in [1.54, 1.807) is 0 Å². The van der Waals surface area contributed by atoms with Gasteiger partial charge in [0.15, 0.2) is 0 Å². The zero-order valence-corrected chi connectivity index (χ0v) is 10.5. The number of thiophene rings is 1. The lowest BCUT2D eigenvalue weighted by molar-refractivity contribution is 0.0314. The molecule has 1 N–H and O–H groups in total. The lowest BCUT2D eigenvalue weighted by Crippen LogP contribution is -2.37. The second-order valence-electron chi connectivity index (χ2n) is 3.53. The standard InChI is InChI=1S/C9H11NO5S2/c11-9(12)7-4-8(16-5-7)17(13,14)10-2-1-3-15-6-10/h4-5H,1-3,6H2,(H,11,12). The molecule has 17 heavy (non-hydrogen) atoms. The van der Waals surface area contributed by atoms with E-state index >= 15 is 0 Å². The van der Waals surface area contributed by atoms with Gasteiger partial charge in [-0.1, -0.05) is 0 Å². The molecule has 0 spiro atoms. The van der Waals surface area contributed by atoms with Crippen molar-refractivity contribution in [1.82, 2.24) is 4.31 Å². The normalized spacial score (nSPS) is 18.1. The zero-order chi connectivity index (χ0) is 12.5. The molecule has 0 radical (unpaired) electrons. The molecule has 1 aromatic rings. The third-order valence-electron chi connectivity index (χ3n) is 2.35. The Morgan fingerprint density at radius 2 is 2.29 bits per heavy atom. The Morgan fingerprint density at radius 3 is 2.82 bits per heavy atom. The third kappa shape index (κ3) is 2.49. The SMILES string of the molecule is O=C(O)c1csc(S(=O)(=O)N2CCCOC2)c1. The zero-order valence-electron chi connectivity index (χ0n) is 8.83. The maximum Gasteiger partial charge on any atom is 0.336 e. The average molecular weight is 277 g/mol. The van der Waals surface area contributed by atoms with E-state index in [1.165, 1.54) is 15.8 Å². The maximum absolute atomic E-state index is 12.1. The van der Waals surface area contributed by atoms with Crippen molar-refractivity contribution < 1.29 is 23.1 Å². The van der Waals surface area contributed by atoms with Crippen LogP contribution in [0.5, 0.6) is 0 Å². The number of hydrogen-bond acceptors (Lipinski definition) is 5. The quantitative estimate of drug-likeness (QED) is 0.884. The predicted molar refractivity (Wildman–Crippen MR) is 60.6 cm³/mol. The highest BCUT2D eigenvalue weighted by atomic mass is 32.2. The van der Waals surface area contributed by atoms with Crippen molar-refractivity contribution in [2.24, 2.45) is 0 Å². The highest BCUT2D eigenvalue weighted by Gasteiger charge is 2.28. The lowest BCUT2D eigenvalue weighted by Gasteiger charge is -2.25. The van der Waals surface area contributed by atoms with Gasteiger partial charge in [0.05, 0.1) is 5.56 Å². The first-order valence-corrected chi connectivity index (χ1v) is 7.23. The van der Waals surface area contributed by atoms with Crippen molar-refractivity contribution in [2.75, 3.05) is 19.9 Å². The highest BCUT2D eigenvalue weighted by Crippen LogP contribution is 2.25. The molecule has 0 amide bonds. The Bertz CT molecular complexity index is 515. The van der Waals surface area contributed by atoms with E-state index in [1.807, 2.05) is 0 Å². The minimum absolute atomic E-state index is 0.00787. The molecular formula is C9H11NO5S2. The number of sulfonamides is 1. The molecule has 0 saturated carbocycles. The van der Waals surface area contributed by atoms with Crippen molar-refractivity contribution in [3.63, 3.8) is 0 Å². The van der Waals surface area contributed by atoms with Gasteiger partial charge in [-0.25, -0.2) is 13.2 Å². The molecule has 0 bridgehead atoms. The van der Waals surface area contributed by atoms with Crippen LogP contribution in [0.25, 0.3) is 0 Å². The molecule has 1 aliphatic rings. The van der Waals surface area contributed by atoms with Gasteiger partial charge in [-0.15, -0.1) is 11.3 Å². The first-order chi connectivity index (χ1) is 8.01. The van der Waals surface area contributed by atoms with Gasteiger partial charge in [-0.3, -0.25) is 0 Å². The molecule has 6 nitrogen and oxygen atoms in total. The molecular weight excluding hydrogens is 266 g/mol. The van der Waals surface area contributed by atoms with Crippen LogP contribution in [0.3, 0.4) is 0 Å². The van der Waals surface area contributed by atoms with E-state index in [-0.39, 0.29) is 16.5 Å². The summed E-state index contributed by atoms with van der Waals surface area (Å²) in [6.07, 6.45) is 0.649. The summed E-state index contributed by atoms with van der Waals surface area (Å²) in [5, 5.41) is 10.1. The molecule has 0 atom stereocenters. The van der Waals surface area contributed by atoms with Gasteiger partial charge in [0.2, 0.25) is 0 Å². The number of aromatic carboxylic acids is 1. The summed E-state index contributed by atoms with van der Waals surface area (Å²) >= 11 is 0.912. The van der Waals surface area contributed by atoms with Gasteiger partial charge in [0.25, 0.3) is 10.0 Å². The van der Waals surface area contributed by atoms with Crippen LogP contribution in [-0.2, 0) is 14.8 Å². The summed E-state index contributed by atoms with van der Waals surface area (Å²) < 4.78 is 30.5. The first-order valence-electron chi connectivity index (χ1n) is 4.91. The number of ether oxygens (including phenoxy) is 1. The van der Waals surface area contributed by atoms with E-state index in [2.05, 4.69) is 0 Å². The van der Waals surface area contributed by atoms with E-state index in [9.17, 15) is 13.2 Å². The number of hydrogen-bond donors (Lipinski definition) is 1. The van der Waals surface area contributed by atoms with E-state index < -0.39 is 16.0 Å². The monoisotopic (exact) mass is 277 g/mol. The summed E-state index contributed by atoms with van der Waals surface area (Å²) in [7, 11) is -3.61. The van der Waals surface area contributed by atoms with Crippen molar-refractivity contribution in [3.05, 3.63) is 17.0 Å². The number of carboxylic acid groups (broad SMARTS) is 1. The second kappa shape index (κ2) is 4.73. The molecule has 94 valence electrons. The van der Waals surface area contributed by atoms with Crippen LogP contribution in [0.15, 0.2) is 15.7 Å². The molecule has 2 heterocycles. The molecule has 0 aliphatic carbocycles. The van der Waals surface area contributed by atoms with Crippen LogP contribution in [-0.4, -0.2) is 43.7 Å². The maximum atomic E-state index is 12.1. The Balaban J connectivity index is 2.27. The molecule has 8 heteroatoms. The Labute approximate surface area is 102 Å². The number of carbonyl (C=O) groups is 1. The molecule has 1 saturated heterocycles. The van der Waals surface area contributed by atoms with Crippen molar-refractivity contribution in [3.8, 4) is 0 Å². The van der Waals surface area contributed by atoms with Crippen LogP contribution < -0.4 is 0 Å². The van der Waals surface area contributed by atoms with Gasteiger partial charge in [-0.2, -0.15) is 4.31 Å². The minimum atomic E-state index is -3.61. The Hall–Kier alpha value is -0.960. The Kier molecular flexibility index (Phi) is 3.48. The van der Waals surface area contributed by atoms with Crippen LogP contribution in [0, 0.1) is 0 Å². The van der Waals surface area contributed by atoms with Gasteiger partial charge in [0, 0.05) is 18.5 Å². The van der Waals surface area contributed by atoms with Crippen LogP contribution in [0.2, 0.25) is 0 Å². The van der Waals surface area contributed by atoms with Crippen molar-refractivity contribution >= 4 is 27.3 Å². The summed E-state index contributed by atoms with van der Waals surface area (Å²) in [6.45, 7) is 0.988. The fraction of sp³-hybridized carbons (Fsp3) is 0.444. The van der Waals surface area contributed by atoms with Gasteiger partial charge in [0.1, 0.15) is 10.9 Å². The summed E-state index contributed by atoms with van der Waals surface area (Å²) in [5.74, 6) is -1.13. The van der Waals surface area contributed by atoms with Crippen molar-refractivity contribution in [2.45, 2.75) is 10.6 Å². The van der Waals surface area contributed by atoms with Gasteiger partial charge >= 0.3 is 5.97 Å². The minimum Gasteiger partial charge on any atom is -0.478 e. The van der Waals surface area contributed by atoms with Crippen LogP contribution in [0.1, 0.15) is 16.8 Å². The predicted octanol–water partition coefficient (Wildman–Crippen LogP) is 0.815. The average Bonchev–Trinajstić information content (AvgIpc) is 2.80. The topological polar surface area (TPSA) is 83.9 Å². The fourth-order valence-electron chi connectivity index (χ4n) is 1.45. The summed E-state index contributed by atoms with van der Waals surface area (Å²) in [5.41, 5.74) is -0.00787. The molecule has 2 rings (SSSR count). The van der Waals surface area contributed by atoms with Crippen molar-refractivity contribution in [1.29, 1.82) is 0 Å². The second-order valence-corrected chi connectivity index (χ2v) is 6.61. The van der Waals surface area contributed by atoms with E-state index in [4.69, 9.17) is 9.84 Å². The van der Waals surface area contributed by atoms with Crippen LogP contribution >= 0.6 is 11.3 Å². The summed E-state index contributed by atoms with van der Waals surface area (Å²) in [6, 6.07) is 1.18. The molecule has 0 aromatic carbocycles. The van der Waals surface area contributed by atoms with Gasteiger partial charge < -0.3 is 9.84 Å². The van der Waals surface area contributed by atoms with E-state index in [0.717, 1.165) is 11.3 Å². The van der Waals surface area contributed by atoms with E-state index in [0.29, 0.717) is 19.6 Å². The largest absolute Gasteiger partial charge is 0.478 e. The lowest BCUT2D eigenvalue weighted by atomic mass is 10.4. The Morgan fingerprint density at radius 1 is 1.53 bits per heavy atom. The molecule has 1 aromatic heterocycles.